The van der Waals surface area contributed by atoms with Gasteiger partial charge in [0, 0.05) is 36.6 Å². The van der Waals surface area contributed by atoms with E-state index in [0.29, 0.717) is 6.54 Å². The van der Waals surface area contributed by atoms with Crippen molar-refractivity contribution < 1.29 is 9.90 Å². The van der Waals surface area contributed by atoms with Crippen molar-refractivity contribution in [3.05, 3.63) is 36.0 Å². The van der Waals surface area contributed by atoms with Crippen LogP contribution in [0.2, 0.25) is 0 Å². The molecule has 0 aliphatic rings. The van der Waals surface area contributed by atoms with Crippen molar-refractivity contribution in [1.82, 2.24) is 9.88 Å². The van der Waals surface area contributed by atoms with Gasteiger partial charge in [-0.3, -0.25) is 4.79 Å². The minimum absolute atomic E-state index is 0.00130. The predicted octanol–water partition coefficient (Wildman–Crippen LogP) is 1.96. The maximum atomic E-state index is 11.0. The molecule has 0 amide bonds. The van der Waals surface area contributed by atoms with E-state index in [0.717, 1.165) is 16.5 Å². The van der Waals surface area contributed by atoms with E-state index in [4.69, 9.17) is 5.11 Å². The molecule has 2 aromatic rings. The Bertz CT molecular complexity index is 560. The number of carboxylic acid groups (broad SMARTS) is 1. The van der Waals surface area contributed by atoms with Crippen molar-refractivity contribution in [3.8, 4) is 0 Å². The van der Waals surface area contributed by atoms with Crippen LogP contribution < -0.4 is 5.32 Å². The molecule has 18 heavy (non-hydrogen) atoms. The van der Waals surface area contributed by atoms with Crippen molar-refractivity contribution in [2.75, 3.05) is 13.6 Å². The van der Waals surface area contributed by atoms with E-state index < -0.39 is 5.97 Å². The van der Waals surface area contributed by atoms with Crippen LogP contribution in [0.3, 0.4) is 0 Å². The summed E-state index contributed by atoms with van der Waals surface area (Å²) in [4.78, 5) is 11.0. The third kappa shape index (κ3) is 2.38. The number of carboxylic acids is 1. The molecule has 2 rings (SSSR count). The number of fused-ring (bicyclic) bond motifs is 1. The number of para-hydroxylation sites is 1. The van der Waals surface area contributed by atoms with Gasteiger partial charge in [0.25, 0.3) is 0 Å². The van der Waals surface area contributed by atoms with E-state index in [-0.39, 0.29) is 12.3 Å². The second-order valence-corrected chi connectivity index (χ2v) is 4.56. The smallest absolute Gasteiger partial charge is 0.304 e. The fourth-order valence-corrected chi connectivity index (χ4v) is 2.45. The Morgan fingerprint density at radius 1 is 1.44 bits per heavy atom. The molecule has 1 heterocycles. The first-order valence-corrected chi connectivity index (χ1v) is 6.04. The van der Waals surface area contributed by atoms with Crippen LogP contribution in [0.1, 0.15) is 17.9 Å². The zero-order valence-electron chi connectivity index (χ0n) is 10.7. The molecular formula is C14H18N2O2. The topological polar surface area (TPSA) is 54.3 Å². The Balaban J connectivity index is 2.46. The van der Waals surface area contributed by atoms with Gasteiger partial charge in [-0.15, -0.1) is 0 Å². The van der Waals surface area contributed by atoms with E-state index in [1.54, 1.807) is 0 Å². The average Bonchev–Trinajstić information content (AvgIpc) is 2.67. The standard InChI is InChI=1S/C14H18N2O2/c1-15-8-10(7-14(17)18)12-9-16(2)13-6-4-3-5-11(12)13/h3-6,9-10,15H,7-8H2,1-2H3,(H,17,18). The van der Waals surface area contributed by atoms with Crippen molar-refractivity contribution in [1.29, 1.82) is 0 Å². The molecular weight excluding hydrogens is 228 g/mol. The van der Waals surface area contributed by atoms with Crippen molar-refractivity contribution >= 4 is 16.9 Å². The molecule has 2 N–H and O–H groups in total. The quantitative estimate of drug-likeness (QED) is 0.848. The summed E-state index contributed by atoms with van der Waals surface area (Å²) >= 11 is 0. The Kier molecular flexibility index (Phi) is 3.67. The lowest BCUT2D eigenvalue weighted by Gasteiger charge is -2.13. The van der Waals surface area contributed by atoms with Crippen molar-refractivity contribution in [2.45, 2.75) is 12.3 Å². The second-order valence-electron chi connectivity index (χ2n) is 4.56. The Morgan fingerprint density at radius 3 is 2.83 bits per heavy atom. The number of aromatic nitrogens is 1. The minimum atomic E-state index is -0.761. The molecule has 0 spiro atoms. The highest BCUT2D eigenvalue weighted by Crippen LogP contribution is 2.29. The van der Waals surface area contributed by atoms with Crippen LogP contribution in [0, 0.1) is 0 Å². The van der Waals surface area contributed by atoms with Crippen LogP contribution in [-0.2, 0) is 11.8 Å². The zero-order chi connectivity index (χ0) is 13.1. The first-order valence-electron chi connectivity index (χ1n) is 6.04. The lowest BCUT2D eigenvalue weighted by atomic mass is 9.95. The Labute approximate surface area is 106 Å². The van der Waals surface area contributed by atoms with Gasteiger partial charge in [-0.1, -0.05) is 18.2 Å². The van der Waals surface area contributed by atoms with Crippen LogP contribution in [0.4, 0.5) is 0 Å². The molecule has 1 aromatic heterocycles. The molecule has 4 nitrogen and oxygen atoms in total. The van der Waals surface area contributed by atoms with Gasteiger partial charge in [-0.2, -0.15) is 0 Å². The van der Waals surface area contributed by atoms with E-state index in [1.807, 2.05) is 32.4 Å². The van der Waals surface area contributed by atoms with Gasteiger partial charge >= 0.3 is 5.97 Å². The molecule has 1 unspecified atom stereocenters. The van der Waals surface area contributed by atoms with Crippen molar-refractivity contribution in [3.63, 3.8) is 0 Å². The van der Waals surface area contributed by atoms with E-state index in [1.165, 1.54) is 0 Å². The minimum Gasteiger partial charge on any atom is -0.481 e. The highest BCUT2D eigenvalue weighted by atomic mass is 16.4. The molecule has 1 aromatic carbocycles. The molecule has 4 heteroatoms. The van der Waals surface area contributed by atoms with Crippen LogP contribution in [0.5, 0.6) is 0 Å². The Hall–Kier alpha value is -1.81. The number of nitrogens with one attached hydrogen (secondary N) is 1. The van der Waals surface area contributed by atoms with Gasteiger partial charge in [0.2, 0.25) is 0 Å². The average molecular weight is 246 g/mol. The van der Waals surface area contributed by atoms with Crippen LogP contribution in [-0.4, -0.2) is 29.2 Å². The second kappa shape index (κ2) is 5.23. The summed E-state index contributed by atoms with van der Waals surface area (Å²) in [5, 5.41) is 13.2. The lowest BCUT2D eigenvalue weighted by molar-refractivity contribution is -0.137. The third-order valence-corrected chi connectivity index (χ3v) is 3.24. The maximum absolute atomic E-state index is 11.0. The van der Waals surface area contributed by atoms with Crippen molar-refractivity contribution in [2.24, 2.45) is 7.05 Å². The summed E-state index contributed by atoms with van der Waals surface area (Å²) in [5.74, 6) is -0.762. The van der Waals surface area contributed by atoms with Gasteiger partial charge in [0.15, 0.2) is 0 Å². The van der Waals surface area contributed by atoms with Crippen LogP contribution in [0.15, 0.2) is 30.5 Å². The molecule has 0 radical (unpaired) electrons. The lowest BCUT2D eigenvalue weighted by Crippen LogP contribution is -2.19. The van der Waals surface area contributed by atoms with E-state index >= 15 is 0 Å². The van der Waals surface area contributed by atoms with E-state index in [9.17, 15) is 4.79 Å². The summed E-state index contributed by atoms with van der Waals surface area (Å²) in [6, 6.07) is 8.09. The zero-order valence-corrected chi connectivity index (χ0v) is 10.7. The highest BCUT2D eigenvalue weighted by molar-refractivity contribution is 5.85. The van der Waals surface area contributed by atoms with Gasteiger partial charge in [0.1, 0.15) is 0 Å². The monoisotopic (exact) mass is 246 g/mol. The van der Waals surface area contributed by atoms with E-state index in [2.05, 4.69) is 22.0 Å². The van der Waals surface area contributed by atoms with Crippen LogP contribution in [0.25, 0.3) is 10.9 Å². The maximum Gasteiger partial charge on any atom is 0.304 e. The molecule has 0 bridgehead atoms. The number of carbonyl (C=O) groups is 1. The fraction of sp³-hybridized carbons (Fsp3) is 0.357. The van der Waals surface area contributed by atoms with Gasteiger partial charge in [-0.25, -0.2) is 0 Å². The van der Waals surface area contributed by atoms with Gasteiger partial charge in [0.05, 0.1) is 6.42 Å². The molecule has 0 aliphatic carbocycles. The molecule has 0 aliphatic heterocycles. The molecule has 0 saturated carbocycles. The number of aliphatic carboxylic acids is 1. The number of rotatable bonds is 5. The number of aryl methyl sites for hydroxylation is 1. The fourth-order valence-electron chi connectivity index (χ4n) is 2.45. The molecule has 96 valence electrons. The van der Waals surface area contributed by atoms with Gasteiger partial charge in [-0.05, 0) is 18.7 Å². The number of benzene rings is 1. The number of hydrogen-bond acceptors (Lipinski definition) is 2. The summed E-state index contributed by atoms with van der Waals surface area (Å²) in [6.45, 7) is 0.667. The molecule has 0 saturated heterocycles. The van der Waals surface area contributed by atoms with Crippen LogP contribution >= 0.6 is 0 Å². The number of nitrogens with zero attached hydrogens (tertiary/aromatic N) is 1. The number of hydrogen-bond donors (Lipinski definition) is 2. The normalized spacial score (nSPS) is 12.8. The summed E-state index contributed by atoms with van der Waals surface area (Å²) in [5.41, 5.74) is 2.24. The number of likely N-dealkylation sites (N-methyl/N-ethyl adjacent to an activating group) is 1. The molecule has 0 fully saturated rings. The predicted molar refractivity (Wildman–Crippen MR) is 71.8 cm³/mol. The molecule has 1 atom stereocenters. The summed E-state index contributed by atoms with van der Waals surface area (Å²) < 4.78 is 2.05. The first kappa shape index (κ1) is 12.6. The third-order valence-electron chi connectivity index (χ3n) is 3.24. The Morgan fingerprint density at radius 2 is 2.17 bits per heavy atom. The largest absolute Gasteiger partial charge is 0.481 e. The van der Waals surface area contributed by atoms with Gasteiger partial charge < -0.3 is 15.0 Å². The SMILES string of the molecule is CNCC(CC(=O)O)c1cn(C)c2ccccc12. The summed E-state index contributed by atoms with van der Waals surface area (Å²) in [7, 11) is 3.84. The highest BCUT2D eigenvalue weighted by Gasteiger charge is 2.19. The first-order chi connectivity index (χ1) is 8.63. The summed E-state index contributed by atoms with van der Waals surface area (Å²) in [6.07, 6.45) is 2.18.